The summed E-state index contributed by atoms with van der Waals surface area (Å²) < 4.78 is 7.11. The molecule has 3 nitrogen and oxygen atoms in total. The molecule has 3 heteroatoms. The zero-order valence-electron chi connectivity index (χ0n) is 33.4. The molecule has 0 radical (unpaired) electrons. The van der Waals surface area contributed by atoms with Crippen LogP contribution >= 0.6 is 0 Å². The van der Waals surface area contributed by atoms with Gasteiger partial charge in [-0.15, -0.1) is 0 Å². The van der Waals surface area contributed by atoms with Crippen LogP contribution in [0, 0.1) is 0 Å². The lowest BCUT2D eigenvalue weighted by Crippen LogP contribution is -2.13. The average molecular weight is 781 g/mol. The Balaban J connectivity index is 1.12. The first-order chi connectivity index (χ1) is 30.2. The topological polar surface area (TPSA) is 19.6 Å². The summed E-state index contributed by atoms with van der Waals surface area (Å²) in [4.78, 5) is 4.69. The Kier molecular flexibility index (Phi) is 9.18. The maximum absolute atomic E-state index is 7.11. The first-order valence-corrected chi connectivity index (χ1v) is 20.7. The lowest BCUT2D eigenvalue weighted by atomic mass is 9.99. The summed E-state index contributed by atoms with van der Waals surface area (Å²) >= 11 is 0. The van der Waals surface area contributed by atoms with Crippen molar-refractivity contribution in [1.82, 2.24) is 0 Å². The average Bonchev–Trinajstić information content (AvgIpc) is 3.73. The van der Waals surface area contributed by atoms with Crippen LogP contribution in [-0.4, -0.2) is 0 Å². The van der Waals surface area contributed by atoms with Crippen molar-refractivity contribution in [3.05, 3.63) is 243 Å². The van der Waals surface area contributed by atoms with Crippen molar-refractivity contribution in [2.45, 2.75) is 0 Å². The molecule has 0 fully saturated rings. The Bertz CT molecular complexity index is 3270. The molecule has 10 aromatic carbocycles. The van der Waals surface area contributed by atoms with E-state index in [9.17, 15) is 0 Å². The van der Waals surface area contributed by atoms with Crippen molar-refractivity contribution in [3.63, 3.8) is 0 Å². The Morgan fingerprint density at radius 1 is 0.246 bits per heavy atom. The minimum atomic E-state index is 0.827. The third-order valence-electron chi connectivity index (χ3n) is 11.6. The van der Waals surface area contributed by atoms with Gasteiger partial charge in [-0.25, -0.2) is 0 Å². The highest BCUT2D eigenvalue weighted by Crippen LogP contribution is 2.48. The number of hydrogen-bond donors (Lipinski definition) is 0. The molecule has 0 aliphatic rings. The summed E-state index contributed by atoms with van der Waals surface area (Å²) in [5, 5.41) is 4.36. The Morgan fingerprint density at radius 2 is 0.705 bits per heavy atom. The highest BCUT2D eigenvalue weighted by Gasteiger charge is 2.24. The summed E-state index contributed by atoms with van der Waals surface area (Å²) in [7, 11) is 0. The van der Waals surface area contributed by atoms with Crippen LogP contribution < -0.4 is 9.80 Å². The van der Waals surface area contributed by atoms with E-state index in [4.69, 9.17) is 4.42 Å². The van der Waals surface area contributed by atoms with E-state index in [1.54, 1.807) is 0 Å². The van der Waals surface area contributed by atoms with Crippen molar-refractivity contribution >= 4 is 66.8 Å². The smallest absolute Gasteiger partial charge is 0.159 e. The third kappa shape index (κ3) is 6.78. The highest BCUT2D eigenvalue weighted by atomic mass is 16.3. The minimum absolute atomic E-state index is 0.827. The van der Waals surface area contributed by atoms with Crippen molar-refractivity contribution in [1.29, 1.82) is 0 Å². The van der Waals surface area contributed by atoms with Crippen molar-refractivity contribution in [2.24, 2.45) is 0 Å². The summed E-state index contributed by atoms with van der Waals surface area (Å²) in [6, 6.07) is 86.4. The summed E-state index contributed by atoms with van der Waals surface area (Å²) in [5.74, 6) is 0. The minimum Gasteiger partial charge on any atom is -0.453 e. The number of benzene rings is 10. The molecule has 0 atom stereocenters. The van der Waals surface area contributed by atoms with Gasteiger partial charge in [0, 0.05) is 44.6 Å². The Morgan fingerprint density at radius 3 is 1.33 bits per heavy atom. The maximum atomic E-state index is 7.11. The zero-order valence-corrected chi connectivity index (χ0v) is 33.4. The molecule has 0 aliphatic carbocycles. The molecule has 0 saturated carbocycles. The molecular weight excluding hydrogens is 741 g/mol. The van der Waals surface area contributed by atoms with Crippen molar-refractivity contribution in [2.75, 3.05) is 9.80 Å². The second-order valence-electron chi connectivity index (χ2n) is 15.4. The number of nitrogens with zero attached hydrogens (tertiary/aromatic N) is 2. The molecule has 11 aromatic rings. The molecule has 0 saturated heterocycles. The number of fused-ring (bicyclic) bond motifs is 5. The molecule has 1 aromatic heterocycles. The molecule has 0 unspecified atom stereocenters. The van der Waals surface area contributed by atoms with Crippen LogP contribution in [0.15, 0.2) is 247 Å². The molecule has 0 spiro atoms. The molecule has 11 rings (SSSR count). The van der Waals surface area contributed by atoms with E-state index < -0.39 is 0 Å². The van der Waals surface area contributed by atoms with Crippen LogP contribution in [0.2, 0.25) is 0 Å². The fourth-order valence-electron chi connectivity index (χ4n) is 8.64. The van der Waals surface area contributed by atoms with Gasteiger partial charge in [-0.1, -0.05) is 170 Å². The predicted octanol–water partition coefficient (Wildman–Crippen LogP) is 16.7. The number of hydrogen-bond acceptors (Lipinski definition) is 3. The van der Waals surface area contributed by atoms with Crippen molar-refractivity contribution in [3.8, 4) is 33.4 Å². The van der Waals surface area contributed by atoms with Gasteiger partial charge in [0.1, 0.15) is 5.58 Å². The number of rotatable bonds is 9. The van der Waals surface area contributed by atoms with E-state index in [0.29, 0.717) is 0 Å². The van der Waals surface area contributed by atoms with Crippen LogP contribution in [-0.2, 0) is 0 Å². The quantitative estimate of drug-likeness (QED) is 0.145. The van der Waals surface area contributed by atoms with Crippen molar-refractivity contribution < 1.29 is 4.42 Å². The van der Waals surface area contributed by atoms with Gasteiger partial charge in [-0.05, 0) is 112 Å². The van der Waals surface area contributed by atoms with Gasteiger partial charge in [0.15, 0.2) is 5.58 Å². The molecular formula is C58H40N2O. The predicted molar refractivity (Wildman–Crippen MR) is 257 cm³/mol. The SMILES string of the molecule is c1ccc(-c2ccc(N(c3ccccc3)c3cc(N(c4ccccc4)c4ccc(-c5cccc(-c6ccccc6)c5)cc4)cc4c3oc3c5ccccc5ccc43)cc2)cc1. The molecule has 0 bridgehead atoms. The van der Waals surface area contributed by atoms with Crippen LogP contribution in [0.4, 0.5) is 34.1 Å². The lowest BCUT2D eigenvalue weighted by molar-refractivity contribution is 0.673. The second-order valence-corrected chi connectivity index (χ2v) is 15.4. The van der Waals surface area contributed by atoms with E-state index in [1.807, 2.05) is 0 Å². The Hall–Kier alpha value is -8.14. The van der Waals surface area contributed by atoms with Gasteiger partial charge in [0.2, 0.25) is 0 Å². The first-order valence-electron chi connectivity index (χ1n) is 20.7. The molecule has 61 heavy (non-hydrogen) atoms. The molecule has 1 heterocycles. The molecule has 0 N–H and O–H groups in total. The summed E-state index contributed by atoms with van der Waals surface area (Å²) in [6.45, 7) is 0. The fourth-order valence-corrected chi connectivity index (χ4v) is 8.64. The number of anilines is 6. The van der Waals surface area contributed by atoms with E-state index in [-0.39, 0.29) is 0 Å². The number of para-hydroxylation sites is 2. The van der Waals surface area contributed by atoms with E-state index in [1.165, 1.54) is 22.3 Å². The summed E-state index contributed by atoms with van der Waals surface area (Å²) in [5.41, 5.74) is 14.9. The van der Waals surface area contributed by atoms with Gasteiger partial charge < -0.3 is 14.2 Å². The maximum Gasteiger partial charge on any atom is 0.159 e. The zero-order chi connectivity index (χ0) is 40.5. The van der Waals surface area contributed by atoms with Gasteiger partial charge in [-0.2, -0.15) is 0 Å². The van der Waals surface area contributed by atoms with Crippen LogP contribution in [0.1, 0.15) is 0 Å². The third-order valence-corrected chi connectivity index (χ3v) is 11.6. The standard InChI is InChI=1S/C58H40N2O/c1-5-16-41(17-6-1)43-28-35-51(36-29-43)60(49-25-11-4-12-26-49)56-40-52(39-55-54-37-32-45-20-13-14-27-53(45)57(54)61-58(55)56)59(48-23-9-3-10-24-48)50-33-30-44(31-34-50)47-22-15-21-46(38-47)42-18-7-2-8-19-42/h1-40H. The van der Waals surface area contributed by atoms with E-state index in [0.717, 1.165) is 78.0 Å². The molecule has 0 aliphatic heterocycles. The molecule has 0 amide bonds. The van der Waals surface area contributed by atoms with Gasteiger partial charge in [0.05, 0.1) is 5.69 Å². The second kappa shape index (κ2) is 15.6. The lowest BCUT2D eigenvalue weighted by Gasteiger charge is -2.29. The van der Waals surface area contributed by atoms with Gasteiger partial charge in [0.25, 0.3) is 0 Å². The van der Waals surface area contributed by atoms with Crippen LogP contribution in [0.3, 0.4) is 0 Å². The first kappa shape index (κ1) is 36.0. The largest absolute Gasteiger partial charge is 0.453 e. The monoisotopic (exact) mass is 780 g/mol. The van der Waals surface area contributed by atoms with E-state index in [2.05, 4.69) is 252 Å². The van der Waals surface area contributed by atoms with Gasteiger partial charge >= 0.3 is 0 Å². The van der Waals surface area contributed by atoms with Gasteiger partial charge in [-0.3, -0.25) is 0 Å². The molecule has 288 valence electrons. The number of furan rings is 1. The fraction of sp³-hybridized carbons (Fsp3) is 0. The normalized spacial score (nSPS) is 11.3. The van der Waals surface area contributed by atoms with Crippen LogP contribution in [0.25, 0.3) is 66.1 Å². The van der Waals surface area contributed by atoms with Crippen LogP contribution in [0.5, 0.6) is 0 Å². The van der Waals surface area contributed by atoms with E-state index >= 15 is 0 Å². The highest BCUT2D eigenvalue weighted by molar-refractivity contribution is 6.18. The Labute approximate surface area is 355 Å². The summed E-state index contributed by atoms with van der Waals surface area (Å²) in [6.07, 6.45) is 0.